The fraction of sp³-hybridized carbons (Fsp3) is 0.778. The molecule has 25 heavy (non-hydrogen) atoms. The molecule has 2 atom stereocenters. The first-order valence-corrected chi connectivity index (χ1v) is 8.95. The van der Waals surface area contributed by atoms with Crippen LogP contribution in [0.1, 0.15) is 39.2 Å². The van der Waals surface area contributed by atoms with Gasteiger partial charge in [0, 0.05) is 38.9 Å². The summed E-state index contributed by atoms with van der Waals surface area (Å²) >= 11 is 0. The van der Waals surface area contributed by atoms with Gasteiger partial charge in [-0.2, -0.15) is 5.10 Å². The van der Waals surface area contributed by atoms with Gasteiger partial charge in [-0.25, -0.2) is 0 Å². The summed E-state index contributed by atoms with van der Waals surface area (Å²) in [5.74, 6) is 1.36. The number of aromatic nitrogens is 2. The second kappa shape index (κ2) is 10.4. The number of rotatable bonds is 5. The molecule has 0 aromatic carbocycles. The van der Waals surface area contributed by atoms with Crippen molar-refractivity contribution in [3.05, 3.63) is 18.0 Å². The van der Waals surface area contributed by atoms with Gasteiger partial charge in [0.15, 0.2) is 5.96 Å². The highest BCUT2D eigenvalue weighted by molar-refractivity contribution is 14.0. The Labute approximate surface area is 169 Å². The third-order valence-corrected chi connectivity index (χ3v) is 4.45. The number of aryl methyl sites for hydroxylation is 1. The van der Waals surface area contributed by atoms with Crippen LogP contribution in [0.4, 0.5) is 0 Å². The molecule has 6 nitrogen and oxygen atoms in total. The molecular weight excluding hydrogens is 429 g/mol. The van der Waals surface area contributed by atoms with Crippen LogP contribution in [0.15, 0.2) is 17.4 Å². The molecule has 1 saturated heterocycles. The number of hydrogen-bond acceptors (Lipinski definition) is 3. The van der Waals surface area contributed by atoms with Gasteiger partial charge in [-0.15, -0.1) is 24.0 Å². The van der Waals surface area contributed by atoms with Crippen molar-refractivity contribution in [1.82, 2.24) is 20.4 Å². The van der Waals surface area contributed by atoms with E-state index in [2.05, 4.69) is 48.4 Å². The van der Waals surface area contributed by atoms with Gasteiger partial charge in [-0.1, -0.05) is 20.8 Å². The fourth-order valence-electron chi connectivity index (χ4n) is 3.34. The highest BCUT2D eigenvalue weighted by atomic mass is 127. The summed E-state index contributed by atoms with van der Waals surface area (Å²) in [7, 11) is 1.81. The standard InChI is InChI=1S/C18H33N5O.HI/c1-14-11-22-23(13-14)9-8-20-17(19-5)21-12-15-7-6-10-24-16(15)18(2,3)4;/h11,13,15-16H,6-10,12H2,1-5H3,(H2,19,20,21);1H. The maximum atomic E-state index is 6.05. The first kappa shape index (κ1) is 22.2. The molecule has 0 bridgehead atoms. The first-order chi connectivity index (χ1) is 11.4. The number of nitrogens with one attached hydrogen (secondary N) is 2. The number of aliphatic imine (C=N–C) groups is 1. The molecule has 1 fully saturated rings. The number of nitrogens with zero attached hydrogens (tertiary/aromatic N) is 3. The van der Waals surface area contributed by atoms with Gasteiger partial charge in [0.05, 0.1) is 18.8 Å². The molecule has 0 radical (unpaired) electrons. The van der Waals surface area contributed by atoms with E-state index in [-0.39, 0.29) is 29.4 Å². The third-order valence-electron chi connectivity index (χ3n) is 4.45. The molecule has 2 unspecified atom stereocenters. The van der Waals surface area contributed by atoms with Crippen LogP contribution in [0.25, 0.3) is 0 Å². The normalized spacial score (nSPS) is 21.6. The highest BCUT2D eigenvalue weighted by Crippen LogP contribution is 2.33. The van der Waals surface area contributed by atoms with Crippen molar-refractivity contribution in [1.29, 1.82) is 0 Å². The van der Waals surface area contributed by atoms with Crippen molar-refractivity contribution in [2.24, 2.45) is 16.3 Å². The summed E-state index contributed by atoms with van der Waals surface area (Å²) in [6, 6.07) is 0. The molecular formula is C18H34IN5O. The third kappa shape index (κ3) is 7.13. The van der Waals surface area contributed by atoms with E-state index in [1.54, 1.807) is 0 Å². The van der Waals surface area contributed by atoms with Crippen LogP contribution in [0.3, 0.4) is 0 Å². The average Bonchev–Trinajstić information content (AvgIpc) is 2.95. The Morgan fingerprint density at radius 2 is 2.16 bits per heavy atom. The van der Waals surface area contributed by atoms with Crippen LogP contribution >= 0.6 is 24.0 Å². The minimum Gasteiger partial charge on any atom is -0.377 e. The maximum absolute atomic E-state index is 6.05. The van der Waals surface area contributed by atoms with Gasteiger partial charge < -0.3 is 15.4 Å². The molecule has 2 rings (SSSR count). The van der Waals surface area contributed by atoms with Crippen molar-refractivity contribution >= 4 is 29.9 Å². The van der Waals surface area contributed by atoms with E-state index in [1.807, 2.05) is 24.1 Å². The Morgan fingerprint density at radius 1 is 1.40 bits per heavy atom. The summed E-state index contributed by atoms with van der Waals surface area (Å²) in [4.78, 5) is 4.32. The molecule has 0 amide bonds. The zero-order chi connectivity index (χ0) is 17.6. The van der Waals surface area contributed by atoms with Crippen molar-refractivity contribution in [3.63, 3.8) is 0 Å². The lowest BCUT2D eigenvalue weighted by Gasteiger charge is -2.40. The van der Waals surface area contributed by atoms with Gasteiger partial charge in [0.1, 0.15) is 0 Å². The van der Waals surface area contributed by atoms with Crippen molar-refractivity contribution < 1.29 is 4.74 Å². The Hall–Kier alpha value is -0.830. The molecule has 0 aliphatic carbocycles. The van der Waals surface area contributed by atoms with Crippen LogP contribution in [0.5, 0.6) is 0 Å². The Balaban J connectivity index is 0.00000312. The van der Waals surface area contributed by atoms with Gasteiger partial charge in [-0.05, 0) is 30.7 Å². The molecule has 1 aromatic heterocycles. The topological polar surface area (TPSA) is 63.5 Å². The number of hydrogen-bond donors (Lipinski definition) is 2. The molecule has 1 aliphatic heterocycles. The number of ether oxygens (including phenoxy) is 1. The van der Waals surface area contributed by atoms with Gasteiger partial charge >= 0.3 is 0 Å². The fourth-order valence-corrected chi connectivity index (χ4v) is 3.34. The van der Waals surface area contributed by atoms with E-state index in [0.29, 0.717) is 12.0 Å². The number of guanidine groups is 1. The quantitative estimate of drug-likeness (QED) is 0.401. The minimum atomic E-state index is 0. The maximum Gasteiger partial charge on any atom is 0.191 e. The lowest BCUT2D eigenvalue weighted by atomic mass is 9.78. The van der Waals surface area contributed by atoms with Crippen LogP contribution in [-0.2, 0) is 11.3 Å². The second-order valence-corrected chi connectivity index (χ2v) is 7.72. The van der Waals surface area contributed by atoms with Crippen molar-refractivity contribution in [2.45, 2.75) is 53.2 Å². The molecule has 0 saturated carbocycles. The van der Waals surface area contributed by atoms with E-state index < -0.39 is 0 Å². The largest absolute Gasteiger partial charge is 0.377 e. The Bertz CT molecular complexity index is 538. The zero-order valence-electron chi connectivity index (χ0n) is 16.2. The smallest absolute Gasteiger partial charge is 0.191 e. The van der Waals surface area contributed by atoms with E-state index >= 15 is 0 Å². The second-order valence-electron chi connectivity index (χ2n) is 7.72. The molecule has 1 aromatic rings. The lowest BCUT2D eigenvalue weighted by molar-refractivity contribution is -0.0835. The summed E-state index contributed by atoms with van der Waals surface area (Å²) < 4.78 is 8.00. The summed E-state index contributed by atoms with van der Waals surface area (Å²) in [5.41, 5.74) is 1.35. The van der Waals surface area contributed by atoms with Crippen molar-refractivity contribution in [3.8, 4) is 0 Å². The van der Waals surface area contributed by atoms with Crippen molar-refractivity contribution in [2.75, 3.05) is 26.7 Å². The predicted molar refractivity (Wildman–Crippen MR) is 114 cm³/mol. The average molecular weight is 463 g/mol. The predicted octanol–water partition coefficient (Wildman–Crippen LogP) is 2.82. The van der Waals surface area contributed by atoms with E-state index in [9.17, 15) is 0 Å². The van der Waals surface area contributed by atoms with Gasteiger partial charge in [0.25, 0.3) is 0 Å². The van der Waals surface area contributed by atoms with E-state index in [0.717, 1.165) is 38.6 Å². The van der Waals surface area contributed by atoms with Gasteiger partial charge in [0.2, 0.25) is 0 Å². The SMILES string of the molecule is CN=C(NCCn1cc(C)cn1)NCC1CCCOC1C(C)(C)C.I. The van der Waals surface area contributed by atoms with Gasteiger partial charge in [-0.3, -0.25) is 9.67 Å². The monoisotopic (exact) mass is 463 g/mol. The van der Waals surface area contributed by atoms with Crippen LogP contribution < -0.4 is 10.6 Å². The first-order valence-electron chi connectivity index (χ1n) is 8.95. The summed E-state index contributed by atoms with van der Waals surface area (Å²) in [6.07, 6.45) is 6.57. The summed E-state index contributed by atoms with van der Waals surface area (Å²) in [6.45, 7) is 12.2. The van der Waals surface area contributed by atoms with E-state index in [1.165, 1.54) is 12.0 Å². The van der Waals surface area contributed by atoms with E-state index in [4.69, 9.17) is 4.74 Å². The summed E-state index contributed by atoms with van der Waals surface area (Å²) in [5, 5.41) is 11.1. The van der Waals surface area contributed by atoms with Crippen LogP contribution in [0.2, 0.25) is 0 Å². The Morgan fingerprint density at radius 3 is 2.76 bits per heavy atom. The zero-order valence-corrected chi connectivity index (χ0v) is 18.5. The molecule has 144 valence electrons. The van der Waals surface area contributed by atoms with Crippen LogP contribution in [-0.4, -0.2) is 48.6 Å². The minimum absolute atomic E-state index is 0. The van der Waals surface area contributed by atoms with Crippen LogP contribution in [0, 0.1) is 18.3 Å². The molecule has 0 spiro atoms. The molecule has 2 N–H and O–H groups in total. The highest BCUT2D eigenvalue weighted by Gasteiger charge is 2.35. The molecule has 7 heteroatoms. The Kier molecular flexibility index (Phi) is 9.20. The molecule has 2 heterocycles. The molecule has 1 aliphatic rings. The number of halogens is 1. The lowest BCUT2D eigenvalue weighted by Crippen LogP contribution is -2.47.